The summed E-state index contributed by atoms with van der Waals surface area (Å²) in [6.07, 6.45) is 0.759. The van der Waals surface area contributed by atoms with Crippen LogP contribution in [-0.2, 0) is 9.63 Å². The van der Waals surface area contributed by atoms with E-state index in [0.29, 0.717) is 5.56 Å². The lowest BCUT2D eigenvalue weighted by Gasteiger charge is -2.01. The van der Waals surface area contributed by atoms with Gasteiger partial charge in [0, 0.05) is 5.56 Å². The molecule has 3 rings (SSSR count). The Morgan fingerprint density at radius 1 is 1.14 bits per heavy atom. The molecule has 0 saturated heterocycles. The molecule has 0 aromatic heterocycles. The van der Waals surface area contributed by atoms with Crippen molar-refractivity contribution in [1.82, 2.24) is 0 Å². The van der Waals surface area contributed by atoms with Crippen molar-refractivity contribution in [3.05, 3.63) is 71.5 Å². The van der Waals surface area contributed by atoms with E-state index in [0.717, 1.165) is 12.0 Å². The van der Waals surface area contributed by atoms with Crippen molar-refractivity contribution in [2.24, 2.45) is 16.8 Å². The molecule has 0 aliphatic heterocycles. The molecule has 0 heterocycles. The molecule has 22 heavy (non-hydrogen) atoms. The number of carbonyl (C=O) groups is 1. The highest BCUT2D eigenvalue weighted by Crippen LogP contribution is 2.48. The van der Waals surface area contributed by atoms with E-state index in [9.17, 15) is 9.18 Å². The highest BCUT2D eigenvalue weighted by atomic mass is 19.1. The van der Waals surface area contributed by atoms with E-state index in [2.05, 4.69) is 5.16 Å². The van der Waals surface area contributed by atoms with Crippen molar-refractivity contribution in [3.63, 3.8) is 0 Å². The van der Waals surface area contributed by atoms with Gasteiger partial charge in [-0.1, -0.05) is 35.5 Å². The van der Waals surface area contributed by atoms with E-state index in [1.807, 2.05) is 30.3 Å². The third-order valence-corrected chi connectivity index (χ3v) is 3.69. The summed E-state index contributed by atoms with van der Waals surface area (Å²) in [7, 11) is 0. The molecule has 2 unspecified atom stereocenters. The summed E-state index contributed by atoms with van der Waals surface area (Å²) in [4.78, 5) is 16.8. The van der Waals surface area contributed by atoms with E-state index in [-0.39, 0.29) is 29.5 Å². The lowest BCUT2D eigenvalue weighted by molar-refractivity contribution is -0.145. The fraction of sp³-hybridized carbons (Fsp3) is 0.176. The summed E-state index contributed by atoms with van der Waals surface area (Å²) in [5.41, 5.74) is 7.34. The predicted octanol–water partition coefficient (Wildman–Crippen LogP) is 2.79. The second kappa shape index (κ2) is 5.97. The van der Waals surface area contributed by atoms with Gasteiger partial charge < -0.3 is 10.6 Å². The molecule has 0 radical (unpaired) electrons. The van der Waals surface area contributed by atoms with Crippen molar-refractivity contribution in [2.45, 2.75) is 12.3 Å². The Morgan fingerprint density at radius 2 is 1.82 bits per heavy atom. The summed E-state index contributed by atoms with van der Waals surface area (Å²) in [6.45, 7) is 0. The maximum absolute atomic E-state index is 12.8. The molecule has 5 heteroatoms. The van der Waals surface area contributed by atoms with Gasteiger partial charge in [0.1, 0.15) is 5.82 Å². The summed E-state index contributed by atoms with van der Waals surface area (Å²) in [5.74, 6) is -0.690. The van der Waals surface area contributed by atoms with Crippen LogP contribution in [0, 0.1) is 11.7 Å². The minimum Gasteiger partial charge on any atom is -0.380 e. The Hall–Kier alpha value is -2.69. The molecule has 2 N–H and O–H groups in total. The molecule has 2 aromatic rings. The highest BCUT2D eigenvalue weighted by Gasteiger charge is 2.45. The van der Waals surface area contributed by atoms with Gasteiger partial charge in [0.05, 0.1) is 5.92 Å². The van der Waals surface area contributed by atoms with Crippen molar-refractivity contribution in [3.8, 4) is 0 Å². The number of carbonyl (C=O) groups excluding carboxylic acids is 1. The quantitative estimate of drug-likeness (QED) is 0.408. The van der Waals surface area contributed by atoms with Gasteiger partial charge >= 0.3 is 5.97 Å². The molecule has 2 atom stereocenters. The number of hydrogen-bond acceptors (Lipinski definition) is 3. The summed E-state index contributed by atoms with van der Waals surface area (Å²) < 4.78 is 12.8. The molecule has 0 bridgehead atoms. The van der Waals surface area contributed by atoms with Crippen LogP contribution < -0.4 is 5.73 Å². The van der Waals surface area contributed by atoms with Crippen molar-refractivity contribution >= 4 is 11.8 Å². The minimum atomic E-state index is -0.390. The Balaban J connectivity index is 1.59. The van der Waals surface area contributed by atoms with Gasteiger partial charge in [-0.3, -0.25) is 0 Å². The molecule has 0 spiro atoms. The predicted molar refractivity (Wildman–Crippen MR) is 80.5 cm³/mol. The molecule has 1 aliphatic carbocycles. The monoisotopic (exact) mass is 298 g/mol. The molecular formula is C17H15FN2O2. The average Bonchev–Trinajstić information content (AvgIpc) is 3.34. The number of rotatable bonds is 4. The minimum absolute atomic E-state index is 0.0465. The molecular weight excluding hydrogens is 283 g/mol. The van der Waals surface area contributed by atoms with E-state index in [4.69, 9.17) is 10.6 Å². The third kappa shape index (κ3) is 3.14. The first kappa shape index (κ1) is 14.3. The van der Waals surface area contributed by atoms with E-state index < -0.39 is 0 Å². The van der Waals surface area contributed by atoms with Crippen LogP contribution in [0.5, 0.6) is 0 Å². The molecule has 0 amide bonds. The SMILES string of the molecule is N/C(=N\OC(=O)C1CC1c1ccccc1)c1ccc(F)cc1. The Bertz CT molecular complexity index is 698. The van der Waals surface area contributed by atoms with Crippen LogP contribution in [0.4, 0.5) is 4.39 Å². The van der Waals surface area contributed by atoms with Crippen LogP contribution in [-0.4, -0.2) is 11.8 Å². The summed E-state index contributed by atoms with van der Waals surface area (Å²) in [5, 5.41) is 3.64. The van der Waals surface area contributed by atoms with Crippen LogP contribution in [0.25, 0.3) is 0 Å². The number of benzene rings is 2. The first-order valence-corrected chi connectivity index (χ1v) is 7.00. The van der Waals surface area contributed by atoms with Crippen molar-refractivity contribution in [1.29, 1.82) is 0 Å². The van der Waals surface area contributed by atoms with Gasteiger partial charge in [0.25, 0.3) is 0 Å². The van der Waals surface area contributed by atoms with Gasteiger partial charge in [-0.15, -0.1) is 0 Å². The Morgan fingerprint density at radius 3 is 2.50 bits per heavy atom. The zero-order valence-corrected chi connectivity index (χ0v) is 11.8. The van der Waals surface area contributed by atoms with E-state index >= 15 is 0 Å². The largest absolute Gasteiger partial charge is 0.380 e. The van der Waals surface area contributed by atoms with Crippen molar-refractivity contribution < 1.29 is 14.0 Å². The Labute approximate surface area is 127 Å². The second-order valence-electron chi connectivity index (χ2n) is 5.25. The van der Waals surface area contributed by atoms with Crippen LogP contribution >= 0.6 is 0 Å². The van der Waals surface area contributed by atoms with Gasteiger partial charge in [0.15, 0.2) is 5.84 Å². The number of halogens is 1. The first-order chi connectivity index (χ1) is 10.6. The number of oxime groups is 1. The fourth-order valence-corrected chi connectivity index (χ4v) is 2.36. The van der Waals surface area contributed by atoms with Crippen LogP contribution in [0.2, 0.25) is 0 Å². The lowest BCUT2D eigenvalue weighted by Crippen LogP contribution is -2.15. The summed E-state index contributed by atoms with van der Waals surface area (Å²) in [6, 6.07) is 15.3. The lowest BCUT2D eigenvalue weighted by atomic mass is 10.1. The van der Waals surface area contributed by atoms with Crippen LogP contribution in [0.3, 0.4) is 0 Å². The molecule has 1 aliphatic rings. The van der Waals surface area contributed by atoms with Gasteiger partial charge in [0.2, 0.25) is 0 Å². The van der Waals surface area contributed by atoms with E-state index in [1.54, 1.807) is 0 Å². The smallest absolute Gasteiger partial charge is 0.338 e. The Kier molecular flexibility index (Phi) is 3.87. The molecule has 1 saturated carbocycles. The number of amidine groups is 1. The fourth-order valence-electron chi connectivity index (χ4n) is 2.36. The maximum Gasteiger partial charge on any atom is 0.338 e. The highest BCUT2D eigenvalue weighted by molar-refractivity contribution is 5.97. The zero-order chi connectivity index (χ0) is 15.5. The van der Waals surface area contributed by atoms with Gasteiger partial charge in [-0.05, 0) is 42.2 Å². The average molecular weight is 298 g/mol. The van der Waals surface area contributed by atoms with Gasteiger partial charge in [-0.2, -0.15) is 0 Å². The van der Waals surface area contributed by atoms with E-state index in [1.165, 1.54) is 24.3 Å². The third-order valence-electron chi connectivity index (χ3n) is 3.69. The second-order valence-corrected chi connectivity index (χ2v) is 5.25. The molecule has 1 fully saturated rings. The normalized spacial score (nSPS) is 20.5. The number of nitrogens with two attached hydrogens (primary N) is 1. The molecule has 4 nitrogen and oxygen atoms in total. The number of hydrogen-bond donors (Lipinski definition) is 1. The summed E-state index contributed by atoms with van der Waals surface area (Å²) >= 11 is 0. The first-order valence-electron chi connectivity index (χ1n) is 7.00. The zero-order valence-electron chi connectivity index (χ0n) is 11.8. The molecule has 112 valence electrons. The van der Waals surface area contributed by atoms with Crippen molar-refractivity contribution in [2.75, 3.05) is 0 Å². The number of nitrogens with zero attached hydrogens (tertiary/aromatic N) is 1. The van der Waals surface area contributed by atoms with Crippen LogP contribution in [0.1, 0.15) is 23.5 Å². The topological polar surface area (TPSA) is 64.7 Å². The van der Waals surface area contributed by atoms with Gasteiger partial charge in [-0.25, -0.2) is 9.18 Å². The maximum atomic E-state index is 12.8. The standard InChI is InChI=1S/C17H15FN2O2/c18-13-8-6-12(7-9-13)16(19)20-22-17(21)15-10-14(15)11-4-2-1-3-5-11/h1-9,14-15H,10H2,(H2,19,20). The molecule has 2 aromatic carbocycles. The van der Waals surface area contributed by atoms with Crippen LogP contribution in [0.15, 0.2) is 59.8 Å².